The monoisotopic (exact) mass is 392 g/mol. The number of hydrogen-bond donors (Lipinski definition) is 1. The first-order valence-corrected chi connectivity index (χ1v) is 9.59. The second-order valence-electron chi connectivity index (χ2n) is 6.94. The van der Waals surface area contributed by atoms with Crippen molar-refractivity contribution in [3.63, 3.8) is 0 Å². The van der Waals surface area contributed by atoms with Crippen LogP contribution in [0.2, 0.25) is 0 Å². The van der Waals surface area contributed by atoms with Gasteiger partial charge in [-0.15, -0.1) is 0 Å². The van der Waals surface area contributed by atoms with E-state index in [4.69, 9.17) is 0 Å². The molecule has 7 heteroatoms. The van der Waals surface area contributed by atoms with Crippen molar-refractivity contribution in [2.24, 2.45) is 0 Å². The Balaban J connectivity index is 2.05. The maximum absolute atomic E-state index is 12.9. The summed E-state index contributed by atoms with van der Waals surface area (Å²) in [4.78, 5) is 38.5. The molecule has 1 unspecified atom stereocenters. The molecule has 1 heterocycles. The molecule has 2 aromatic carbocycles. The minimum atomic E-state index is -0.682. The van der Waals surface area contributed by atoms with Crippen molar-refractivity contribution in [3.05, 3.63) is 92.3 Å². The highest BCUT2D eigenvalue weighted by Gasteiger charge is 2.21. The highest BCUT2D eigenvalue weighted by Crippen LogP contribution is 2.11. The first-order valence-electron chi connectivity index (χ1n) is 9.59. The van der Waals surface area contributed by atoms with Gasteiger partial charge in [0.2, 0.25) is 5.69 Å². The van der Waals surface area contributed by atoms with E-state index in [1.54, 1.807) is 12.1 Å². The summed E-state index contributed by atoms with van der Waals surface area (Å²) in [5.41, 5.74) is 0.878. The molecular formula is C22H24N4O3. The first kappa shape index (κ1) is 20.3. The average Bonchev–Trinajstić information content (AvgIpc) is 2.72. The van der Waals surface area contributed by atoms with Crippen LogP contribution in [0.25, 0.3) is 5.69 Å². The Bertz CT molecular complexity index is 1120. The molecule has 3 rings (SSSR count). The zero-order valence-electron chi connectivity index (χ0n) is 16.8. The number of hydrogen-bond acceptors (Lipinski definition) is 4. The van der Waals surface area contributed by atoms with Crippen molar-refractivity contribution in [2.75, 3.05) is 0 Å². The van der Waals surface area contributed by atoms with Crippen molar-refractivity contribution in [1.82, 2.24) is 19.7 Å². The largest absolute Gasteiger partial charge is 0.352 e. The van der Waals surface area contributed by atoms with Crippen LogP contribution in [0.5, 0.6) is 0 Å². The van der Waals surface area contributed by atoms with Crippen molar-refractivity contribution in [3.8, 4) is 5.69 Å². The number of nitrogens with one attached hydrogen (secondary N) is 1. The summed E-state index contributed by atoms with van der Waals surface area (Å²) in [6.07, 6.45) is 0.578. The van der Waals surface area contributed by atoms with Crippen LogP contribution in [0.3, 0.4) is 0 Å². The first-order chi connectivity index (χ1) is 13.9. The summed E-state index contributed by atoms with van der Waals surface area (Å²) in [7, 11) is 0. The number of carbonyl (C=O) groups excluding carboxylic acids is 1. The van der Waals surface area contributed by atoms with Crippen LogP contribution in [0, 0.1) is 6.92 Å². The standard InChI is InChI=1S/C22H24N4O3/c1-4-14-25-21(28)19(20(27)23-16(3)17-8-6-5-7-9-17)24-26(22(25)29)18-12-10-15(2)11-13-18/h5-13,16H,4,14H2,1-3H3,(H,23,27). The molecule has 0 radical (unpaired) electrons. The maximum atomic E-state index is 12.9. The Hall–Kier alpha value is -3.48. The minimum Gasteiger partial charge on any atom is -0.344 e. The Morgan fingerprint density at radius 2 is 1.72 bits per heavy atom. The number of carbonyl (C=O) groups is 1. The second-order valence-corrected chi connectivity index (χ2v) is 6.94. The third-order valence-corrected chi connectivity index (χ3v) is 4.65. The number of rotatable bonds is 6. The molecule has 29 heavy (non-hydrogen) atoms. The summed E-state index contributed by atoms with van der Waals surface area (Å²) < 4.78 is 2.17. The SMILES string of the molecule is CCCn1c(=O)c(C(=O)NC(C)c2ccccc2)nn(-c2ccc(C)cc2)c1=O. The molecule has 1 atom stereocenters. The molecule has 0 fully saturated rings. The molecule has 1 amide bonds. The van der Waals surface area contributed by atoms with E-state index in [1.807, 2.05) is 63.2 Å². The van der Waals surface area contributed by atoms with Gasteiger partial charge in [0, 0.05) is 6.54 Å². The Labute approximate surface area is 168 Å². The van der Waals surface area contributed by atoms with E-state index in [1.165, 1.54) is 0 Å². The van der Waals surface area contributed by atoms with Gasteiger partial charge in [-0.3, -0.25) is 14.2 Å². The molecule has 3 aromatic rings. The van der Waals surface area contributed by atoms with Crippen LogP contribution < -0.4 is 16.6 Å². The van der Waals surface area contributed by atoms with Gasteiger partial charge in [0.05, 0.1) is 11.7 Å². The number of aryl methyl sites for hydroxylation is 1. The lowest BCUT2D eigenvalue weighted by Crippen LogP contribution is -2.46. The lowest BCUT2D eigenvalue weighted by molar-refractivity contribution is 0.0930. The number of nitrogens with zero attached hydrogens (tertiary/aromatic N) is 3. The van der Waals surface area contributed by atoms with Gasteiger partial charge in [0.15, 0.2) is 0 Å². The molecule has 0 aliphatic carbocycles. The molecule has 0 saturated carbocycles. The molecule has 7 nitrogen and oxygen atoms in total. The van der Waals surface area contributed by atoms with Gasteiger partial charge in [-0.2, -0.15) is 9.78 Å². The zero-order valence-corrected chi connectivity index (χ0v) is 16.8. The number of benzene rings is 2. The van der Waals surface area contributed by atoms with Crippen molar-refractivity contribution >= 4 is 5.91 Å². The molecule has 0 aliphatic heterocycles. The fourth-order valence-electron chi connectivity index (χ4n) is 3.02. The van der Waals surface area contributed by atoms with E-state index < -0.39 is 17.2 Å². The quantitative estimate of drug-likeness (QED) is 0.699. The average molecular weight is 392 g/mol. The third kappa shape index (κ3) is 4.34. The molecule has 1 N–H and O–H groups in total. The molecule has 0 spiro atoms. The van der Waals surface area contributed by atoms with Crippen LogP contribution in [-0.2, 0) is 6.54 Å². The fraction of sp³-hybridized carbons (Fsp3) is 0.273. The zero-order chi connectivity index (χ0) is 21.0. The van der Waals surface area contributed by atoms with Gasteiger partial charge in [0.25, 0.3) is 11.5 Å². The lowest BCUT2D eigenvalue weighted by atomic mass is 10.1. The van der Waals surface area contributed by atoms with E-state index >= 15 is 0 Å². The molecule has 0 bridgehead atoms. The van der Waals surface area contributed by atoms with Crippen LogP contribution in [-0.4, -0.2) is 20.3 Å². The summed E-state index contributed by atoms with van der Waals surface area (Å²) in [5.74, 6) is -0.614. The van der Waals surface area contributed by atoms with Gasteiger partial charge in [-0.25, -0.2) is 4.79 Å². The predicted molar refractivity (Wildman–Crippen MR) is 111 cm³/mol. The van der Waals surface area contributed by atoms with Crippen molar-refractivity contribution < 1.29 is 4.79 Å². The van der Waals surface area contributed by atoms with Crippen LogP contribution in [0.4, 0.5) is 0 Å². The number of aromatic nitrogens is 3. The third-order valence-electron chi connectivity index (χ3n) is 4.65. The van der Waals surface area contributed by atoms with Crippen molar-refractivity contribution in [1.29, 1.82) is 0 Å². The van der Waals surface area contributed by atoms with Crippen LogP contribution in [0.1, 0.15) is 47.9 Å². The summed E-state index contributed by atoms with van der Waals surface area (Å²) in [6, 6.07) is 16.3. The molecule has 0 aliphatic rings. The predicted octanol–water partition coefficient (Wildman–Crippen LogP) is 2.60. The summed E-state index contributed by atoms with van der Waals surface area (Å²) in [6.45, 7) is 5.83. The van der Waals surface area contributed by atoms with E-state index in [2.05, 4.69) is 10.4 Å². The highest BCUT2D eigenvalue weighted by molar-refractivity contribution is 5.92. The summed E-state index contributed by atoms with van der Waals surface area (Å²) >= 11 is 0. The van der Waals surface area contributed by atoms with Crippen molar-refractivity contribution in [2.45, 2.75) is 39.8 Å². The van der Waals surface area contributed by atoms with Gasteiger partial charge in [-0.05, 0) is 38.0 Å². The topological polar surface area (TPSA) is 86.0 Å². The van der Waals surface area contributed by atoms with Gasteiger partial charge in [0.1, 0.15) is 0 Å². The van der Waals surface area contributed by atoms with Gasteiger partial charge in [-0.1, -0.05) is 55.0 Å². The maximum Gasteiger partial charge on any atom is 0.352 e. The molecule has 150 valence electrons. The van der Waals surface area contributed by atoms with E-state index in [0.29, 0.717) is 12.1 Å². The molecule has 0 saturated heterocycles. The highest BCUT2D eigenvalue weighted by atomic mass is 16.2. The fourth-order valence-corrected chi connectivity index (χ4v) is 3.02. The number of amides is 1. The second kappa shape index (κ2) is 8.68. The summed E-state index contributed by atoms with van der Waals surface area (Å²) in [5, 5.41) is 6.92. The lowest BCUT2D eigenvalue weighted by Gasteiger charge is -2.15. The van der Waals surface area contributed by atoms with Crippen LogP contribution >= 0.6 is 0 Å². The van der Waals surface area contributed by atoms with Gasteiger partial charge >= 0.3 is 5.69 Å². The Morgan fingerprint density at radius 3 is 2.34 bits per heavy atom. The van der Waals surface area contributed by atoms with E-state index in [0.717, 1.165) is 20.4 Å². The normalized spacial score (nSPS) is 11.8. The van der Waals surface area contributed by atoms with Gasteiger partial charge < -0.3 is 5.32 Å². The Kier molecular flexibility index (Phi) is 6.07. The van der Waals surface area contributed by atoms with Crippen LogP contribution in [0.15, 0.2) is 64.2 Å². The minimum absolute atomic E-state index is 0.209. The Morgan fingerprint density at radius 1 is 1.07 bits per heavy atom. The van der Waals surface area contributed by atoms with E-state index in [-0.39, 0.29) is 18.3 Å². The molecular weight excluding hydrogens is 368 g/mol. The van der Waals surface area contributed by atoms with E-state index in [9.17, 15) is 14.4 Å². The smallest absolute Gasteiger partial charge is 0.344 e. The molecule has 1 aromatic heterocycles.